The second-order valence-electron chi connectivity index (χ2n) is 9.14. The average molecular weight is 510 g/mol. The summed E-state index contributed by atoms with van der Waals surface area (Å²) in [6, 6.07) is 8.10. The summed E-state index contributed by atoms with van der Waals surface area (Å²) in [5.41, 5.74) is 0.253. The van der Waals surface area contributed by atoms with Crippen LogP contribution in [0.5, 0.6) is 5.75 Å². The third-order valence-corrected chi connectivity index (χ3v) is 5.76. The van der Waals surface area contributed by atoms with Gasteiger partial charge in [0.15, 0.2) is 6.29 Å². The molecule has 0 atom stereocenters. The highest BCUT2D eigenvalue weighted by Gasteiger charge is 2.41. The Bertz CT molecular complexity index is 1210. The molecule has 192 valence electrons. The van der Waals surface area contributed by atoms with Gasteiger partial charge in [0, 0.05) is 29.7 Å². The van der Waals surface area contributed by atoms with E-state index in [0.717, 1.165) is 17.7 Å². The molecule has 3 aromatic carbocycles. The fourth-order valence-corrected chi connectivity index (χ4v) is 4.05. The average Bonchev–Trinajstić information content (AvgIpc) is 2.77. The zero-order valence-corrected chi connectivity index (χ0v) is 19.8. The van der Waals surface area contributed by atoms with Crippen LogP contribution >= 0.6 is 0 Å². The van der Waals surface area contributed by atoms with Crippen molar-refractivity contribution in [1.29, 1.82) is 0 Å². The molecule has 0 amide bonds. The summed E-state index contributed by atoms with van der Waals surface area (Å²) in [4.78, 5) is 0. The topological polar surface area (TPSA) is 27.7 Å². The van der Waals surface area contributed by atoms with E-state index in [9.17, 15) is 26.3 Å². The van der Waals surface area contributed by atoms with Crippen LogP contribution < -0.4 is 4.74 Å². The summed E-state index contributed by atoms with van der Waals surface area (Å²) in [5, 5.41) is 0. The van der Waals surface area contributed by atoms with Gasteiger partial charge >= 0.3 is 6.11 Å². The van der Waals surface area contributed by atoms with Crippen molar-refractivity contribution < 1.29 is 40.6 Å². The van der Waals surface area contributed by atoms with Crippen LogP contribution in [0, 0.1) is 29.2 Å². The number of rotatable bonds is 6. The minimum atomic E-state index is -4.54. The molecule has 4 rings (SSSR count). The number of alkyl halides is 2. The molecule has 1 heterocycles. The van der Waals surface area contributed by atoms with Crippen LogP contribution in [-0.4, -0.2) is 13.2 Å². The maximum Gasteiger partial charge on any atom is 0.432 e. The largest absolute Gasteiger partial charge is 0.432 e. The van der Waals surface area contributed by atoms with Gasteiger partial charge in [-0.05, 0) is 40.8 Å². The Labute approximate surface area is 204 Å². The van der Waals surface area contributed by atoms with Crippen LogP contribution in [0.1, 0.15) is 49.7 Å². The Morgan fingerprint density at radius 1 is 0.861 bits per heavy atom. The van der Waals surface area contributed by atoms with Gasteiger partial charge in [0.25, 0.3) is 0 Å². The summed E-state index contributed by atoms with van der Waals surface area (Å²) in [6.45, 7) is 6.82. The summed E-state index contributed by atoms with van der Waals surface area (Å²) < 4.78 is 102. The molecule has 1 fully saturated rings. The van der Waals surface area contributed by atoms with E-state index in [1.807, 2.05) is 20.8 Å². The van der Waals surface area contributed by atoms with Gasteiger partial charge in [-0.1, -0.05) is 32.9 Å². The molecule has 3 aromatic rings. The SMILES string of the molecule is CC1COC(c2ccc(-c3cc(F)c(C(F)(F)Oc4cc(F)cc(F)c4)c(F)c3)c(C(C)C)c2)OC1. The normalized spacial score (nSPS) is 18.5. The van der Waals surface area contributed by atoms with Crippen LogP contribution in [0.15, 0.2) is 48.5 Å². The van der Waals surface area contributed by atoms with Crippen molar-refractivity contribution in [3.8, 4) is 16.9 Å². The predicted octanol–water partition coefficient (Wildman–Crippen LogP) is 7.84. The minimum absolute atomic E-state index is 0.0377. The van der Waals surface area contributed by atoms with Crippen LogP contribution in [0.2, 0.25) is 0 Å². The van der Waals surface area contributed by atoms with E-state index in [-0.39, 0.29) is 17.4 Å². The first-order valence-electron chi connectivity index (χ1n) is 11.3. The standard InChI is InChI=1S/C27H24F6O3/c1-14(2)22-6-16(26-34-12-15(3)13-35-26)4-5-21(22)17-7-23(30)25(24(31)8-17)27(32,33)36-20-10-18(28)9-19(29)11-20/h4-11,14-15,26H,12-13H2,1-3H3. The minimum Gasteiger partial charge on any atom is -0.429 e. The number of benzene rings is 3. The molecular formula is C27H24F6O3. The lowest BCUT2D eigenvalue weighted by Crippen LogP contribution is -2.25. The molecule has 36 heavy (non-hydrogen) atoms. The molecule has 3 nitrogen and oxygen atoms in total. The molecule has 1 saturated heterocycles. The number of ether oxygens (including phenoxy) is 3. The molecule has 0 radical (unpaired) electrons. The Hall–Kier alpha value is -3.04. The molecule has 0 saturated carbocycles. The quantitative estimate of drug-likeness (QED) is 0.316. The van der Waals surface area contributed by atoms with Gasteiger partial charge in [-0.2, -0.15) is 8.78 Å². The summed E-state index contributed by atoms with van der Waals surface area (Å²) in [5.74, 6) is -6.24. The number of hydrogen-bond donors (Lipinski definition) is 0. The highest BCUT2D eigenvalue weighted by Crippen LogP contribution is 2.39. The smallest absolute Gasteiger partial charge is 0.429 e. The lowest BCUT2D eigenvalue weighted by molar-refractivity contribution is -0.202. The molecule has 0 spiro atoms. The van der Waals surface area contributed by atoms with E-state index in [1.165, 1.54) is 0 Å². The first-order valence-corrected chi connectivity index (χ1v) is 11.3. The van der Waals surface area contributed by atoms with Crippen molar-refractivity contribution in [1.82, 2.24) is 0 Å². The van der Waals surface area contributed by atoms with Crippen molar-refractivity contribution in [3.63, 3.8) is 0 Å². The van der Waals surface area contributed by atoms with E-state index in [1.54, 1.807) is 18.2 Å². The van der Waals surface area contributed by atoms with E-state index in [0.29, 0.717) is 42.5 Å². The molecule has 0 unspecified atom stereocenters. The Kier molecular flexibility index (Phi) is 7.33. The van der Waals surface area contributed by atoms with Crippen LogP contribution in [0.3, 0.4) is 0 Å². The summed E-state index contributed by atoms with van der Waals surface area (Å²) in [7, 11) is 0. The molecular weight excluding hydrogens is 486 g/mol. The van der Waals surface area contributed by atoms with Gasteiger partial charge < -0.3 is 14.2 Å². The van der Waals surface area contributed by atoms with E-state index < -0.39 is 47.0 Å². The van der Waals surface area contributed by atoms with Gasteiger partial charge in [0.05, 0.1) is 13.2 Å². The molecule has 0 N–H and O–H groups in total. The zero-order valence-electron chi connectivity index (χ0n) is 19.8. The zero-order chi connectivity index (χ0) is 26.2. The maximum absolute atomic E-state index is 14.9. The van der Waals surface area contributed by atoms with Crippen molar-refractivity contribution in [2.45, 2.75) is 39.1 Å². The lowest BCUT2D eigenvalue weighted by Gasteiger charge is -2.28. The van der Waals surface area contributed by atoms with E-state index in [2.05, 4.69) is 4.74 Å². The Morgan fingerprint density at radius 2 is 1.44 bits per heavy atom. The van der Waals surface area contributed by atoms with Gasteiger partial charge in [-0.15, -0.1) is 0 Å². The second-order valence-corrected chi connectivity index (χ2v) is 9.14. The van der Waals surface area contributed by atoms with Crippen LogP contribution in [0.25, 0.3) is 11.1 Å². The van der Waals surface area contributed by atoms with Crippen molar-refractivity contribution in [2.75, 3.05) is 13.2 Å². The third-order valence-electron chi connectivity index (χ3n) is 5.76. The molecule has 0 aliphatic carbocycles. The van der Waals surface area contributed by atoms with E-state index in [4.69, 9.17) is 9.47 Å². The van der Waals surface area contributed by atoms with Gasteiger partial charge in [-0.3, -0.25) is 0 Å². The van der Waals surface area contributed by atoms with Crippen LogP contribution in [0.4, 0.5) is 26.3 Å². The number of hydrogen-bond acceptors (Lipinski definition) is 3. The summed E-state index contributed by atoms with van der Waals surface area (Å²) >= 11 is 0. The van der Waals surface area contributed by atoms with Crippen molar-refractivity contribution in [3.05, 3.63) is 88.5 Å². The molecule has 1 aliphatic heterocycles. The maximum atomic E-state index is 14.9. The van der Waals surface area contributed by atoms with Crippen molar-refractivity contribution >= 4 is 0 Å². The fraction of sp³-hybridized carbons (Fsp3) is 0.333. The molecule has 0 bridgehead atoms. The third kappa shape index (κ3) is 5.52. The predicted molar refractivity (Wildman–Crippen MR) is 121 cm³/mol. The first-order chi connectivity index (χ1) is 16.9. The molecule has 1 aliphatic rings. The highest BCUT2D eigenvalue weighted by molar-refractivity contribution is 5.69. The first kappa shape index (κ1) is 26.0. The molecule has 9 heteroatoms. The van der Waals surface area contributed by atoms with Crippen LogP contribution in [-0.2, 0) is 15.6 Å². The fourth-order valence-electron chi connectivity index (χ4n) is 4.05. The van der Waals surface area contributed by atoms with E-state index >= 15 is 0 Å². The summed E-state index contributed by atoms with van der Waals surface area (Å²) in [6.07, 6.45) is -5.11. The van der Waals surface area contributed by atoms with Gasteiger partial charge in [0.2, 0.25) is 0 Å². The lowest BCUT2D eigenvalue weighted by atomic mass is 9.90. The molecule has 0 aromatic heterocycles. The Morgan fingerprint density at radius 3 is 2.00 bits per heavy atom. The van der Waals surface area contributed by atoms with Gasteiger partial charge in [0.1, 0.15) is 34.6 Å². The number of halogens is 6. The van der Waals surface area contributed by atoms with Crippen molar-refractivity contribution in [2.24, 2.45) is 5.92 Å². The Balaban J connectivity index is 1.68. The second kappa shape index (κ2) is 10.1. The highest BCUT2D eigenvalue weighted by atomic mass is 19.3. The monoisotopic (exact) mass is 510 g/mol. The van der Waals surface area contributed by atoms with Gasteiger partial charge in [-0.25, -0.2) is 17.6 Å².